The molecular weight excluding hydrogens is 288 g/mol. The number of carbonyl (C=O) groups is 1. The highest BCUT2D eigenvalue weighted by molar-refractivity contribution is 6.32. The Labute approximate surface area is 131 Å². The van der Waals surface area contributed by atoms with E-state index in [4.69, 9.17) is 16.3 Å². The van der Waals surface area contributed by atoms with E-state index in [0.29, 0.717) is 30.0 Å². The molecule has 5 heteroatoms. The molecule has 2 rings (SSSR count). The maximum atomic E-state index is 11.9. The van der Waals surface area contributed by atoms with Crippen molar-refractivity contribution in [2.24, 2.45) is 0 Å². The van der Waals surface area contributed by atoms with E-state index in [1.807, 2.05) is 25.1 Å². The van der Waals surface area contributed by atoms with Crippen molar-refractivity contribution in [2.45, 2.75) is 51.6 Å². The van der Waals surface area contributed by atoms with E-state index >= 15 is 0 Å². The molecule has 116 valence electrons. The van der Waals surface area contributed by atoms with Gasteiger partial charge in [0, 0.05) is 12.6 Å². The van der Waals surface area contributed by atoms with Crippen LogP contribution in [0.4, 0.5) is 4.79 Å². The van der Waals surface area contributed by atoms with Gasteiger partial charge in [0.2, 0.25) is 0 Å². The van der Waals surface area contributed by atoms with Crippen LogP contribution in [0.3, 0.4) is 0 Å². The fourth-order valence-electron chi connectivity index (χ4n) is 2.59. The maximum Gasteiger partial charge on any atom is 0.315 e. The van der Waals surface area contributed by atoms with Crippen LogP contribution in [0.25, 0.3) is 0 Å². The van der Waals surface area contributed by atoms with Gasteiger partial charge in [-0.05, 0) is 37.5 Å². The molecule has 0 aromatic heterocycles. The number of benzene rings is 1. The van der Waals surface area contributed by atoms with Crippen LogP contribution in [0.2, 0.25) is 5.02 Å². The third-order valence-corrected chi connectivity index (χ3v) is 3.98. The number of ether oxygens (including phenoxy) is 1. The molecule has 21 heavy (non-hydrogen) atoms. The first kappa shape index (κ1) is 16.0. The smallest absolute Gasteiger partial charge is 0.315 e. The molecular formula is C16H23ClN2O2. The minimum absolute atomic E-state index is 0.105. The SMILES string of the molecule is CCOc1ccc(CNC(=O)NC2CCCCC2)cc1Cl. The third kappa shape index (κ3) is 5.12. The van der Waals surface area contributed by atoms with Crippen LogP contribution in [0, 0.1) is 0 Å². The van der Waals surface area contributed by atoms with Crippen LogP contribution in [0.1, 0.15) is 44.6 Å². The zero-order chi connectivity index (χ0) is 15.1. The second-order valence-electron chi connectivity index (χ2n) is 5.36. The number of rotatable bonds is 5. The summed E-state index contributed by atoms with van der Waals surface area (Å²) in [6, 6.07) is 5.79. The van der Waals surface area contributed by atoms with Crippen molar-refractivity contribution in [3.8, 4) is 5.75 Å². The van der Waals surface area contributed by atoms with Gasteiger partial charge in [0.25, 0.3) is 0 Å². The summed E-state index contributed by atoms with van der Waals surface area (Å²) in [6.07, 6.45) is 5.87. The molecule has 2 N–H and O–H groups in total. The fourth-order valence-corrected chi connectivity index (χ4v) is 2.85. The molecule has 0 heterocycles. The molecule has 1 fully saturated rings. The van der Waals surface area contributed by atoms with Gasteiger partial charge in [-0.3, -0.25) is 0 Å². The lowest BCUT2D eigenvalue weighted by Gasteiger charge is -2.22. The predicted octanol–water partition coefficient (Wildman–Crippen LogP) is 3.87. The lowest BCUT2D eigenvalue weighted by atomic mass is 9.96. The molecule has 0 spiro atoms. The monoisotopic (exact) mass is 310 g/mol. The second kappa shape index (κ2) is 8.13. The van der Waals surface area contributed by atoms with Crippen molar-refractivity contribution >= 4 is 17.6 Å². The van der Waals surface area contributed by atoms with Crippen LogP contribution in [0.5, 0.6) is 5.75 Å². The minimum atomic E-state index is -0.105. The predicted molar refractivity (Wildman–Crippen MR) is 84.9 cm³/mol. The summed E-state index contributed by atoms with van der Waals surface area (Å²) in [6.45, 7) is 2.97. The highest BCUT2D eigenvalue weighted by Crippen LogP contribution is 2.25. The summed E-state index contributed by atoms with van der Waals surface area (Å²) in [5.74, 6) is 0.676. The fraction of sp³-hybridized carbons (Fsp3) is 0.562. The highest BCUT2D eigenvalue weighted by atomic mass is 35.5. The van der Waals surface area contributed by atoms with Crippen molar-refractivity contribution < 1.29 is 9.53 Å². The van der Waals surface area contributed by atoms with Crippen molar-refractivity contribution in [3.63, 3.8) is 0 Å². The first-order valence-electron chi connectivity index (χ1n) is 7.64. The summed E-state index contributed by atoms with van der Waals surface area (Å²) in [4.78, 5) is 11.9. The summed E-state index contributed by atoms with van der Waals surface area (Å²) in [5.41, 5.74) is 0.960. The molecule has 1 aliphatic rings. The molecule has 1 saturated carbocycles. The zero-order valence-electron chi connectivity index (χ0n) is 12.5. The minimum Gasteiger partial charge on any atom is -0.492 e. The summed E-state index contributed by atoms with van der Waals surface area (Å²) in [7, 11) is 0. The Hall–Kier alpha value is -1.42. The van der Waals surface area contributed by atoms with Crippen LogP contribution >= 0.6 is 11.6 Å². The van der Waals surface area contributed by atoms with Gasteiger partial charge in [0.05, 0.1) is 11.6 Å². The van der Waals surface area contributed by atoms with Crippen LogP contribution < -0.4 is 15.4 Å². The van der Waals surface area contributed by atoms with Crippen molar-refractivity contribution in [2.75, 3.05) is 6.61 Å². The standard InChI is InChI=1S/C16H23ClN2O2/c1-2-21-15-9-8-12(10-14(15)17)11-18-16(20)19-13-6-4-3-5-7-13/h8-10,13H,2-7,11H2,1H3,(H2,18,19,20). The Balaban J connectivity index is 1.79. The number of halogens is 1. The molecule has 4 nitrogen and oxygen atoms in total. The van der Waals surface area contributed by atoms with Gasteiger partial charge >= 0.3 is 6.03 Å². The summed E-state index contributed by atoms with van der Waals surface area (Å²) >= 11 is 6.13. The Morgan fingerprint density at radius 2 is 2.10 bits per heavy atom. The summed E-state index contributed by atoms with van der Waals surface area (Å²) < 4.78 is 5.39. The molecule has 0 saturated heterocycles. The van der Waals surface area contributed by atoms with E-state index in [2.05, 4.69) is 10.6 Å². The lowest BCUT2D eigenvalue weighted by molar-refractivity contribution is 0.232. The zero-order valence-corrected chi connectivity index (χ0v) is 13.2. The van der Waals surface area contributed by atoms with Gasteiger partial charge in [0.15, 0.2) is 0 Å². The lowest BCUT2D eigenvalue weighted by Crippen LogP contribution is -2.42. The summed E-state index contributed by atoms with van der Waals surface area (Å²) in [5, 5.41) is 6.48. The highest BCUT2D eigenvalue weighted by Gasteiger charge is 2.15. The van der Waals surface area contributed by atoms with Crippen molar-refractivity contribution in [1.29, 1.82) is 0 Å². The van der Waals surface area contributed by atoms with Crippen molar-refractivity contribution in [3.05, 3.63) is 28.8 Å². The molecule has 0 radical (unpaired) electrons. The molecule has 1 aromatic carbocycles. The number of hydrogen-bond acceptors (Lipinski definition) is 2. The van der Waals surface area contributed by atoms with Crippen molar-refractivity contribution in [1.82, 2.24) is 10.6 Å². The first-order valence-corrected chi connectivity index (χ1v) is 8.02. The Bertz CT molecular complexity index is 473. The first-order chi connectivity index (χ1) is 10.2. The Kier molecular flexibility index (Phi) is 6.18. The normalized spacial score (nSPS) is 15.5. The average Bonchev–Trinajstić information content (AvgIpc) is 2.49. The third-order valence-electron chi connectivity index (χ3n) is 3.69. The molecule has 0 unspecified atom stereocenters. The Morgan fingerprint density at radius 1 is 1.33 bits per heavy atom. The van der Waals surface area contributed by atoms with E-state index in [1.54, 1.807) is 0 Å². The van der Waals surface area contributed by atoms with E-state index in [0.717, 1.165) is 18.4 Å². The number of carbonyl (C=O) groups excluding carboxylic acids is 1. The number of nitrogens with one attached hydrogen (secondary N) is 2. The average molecular weight is 311 g/mol. The molecule has 1 aromatic rings. The van der Waals surface area contributed by atoms with E-state index in [1.165, 1.54) is 19.3 Å². The van der Waals surface area contributed by atoms with Crippen LogP contribution in [-0.4, -0.2) is 18.7 Å². The largest absolute Gasteiger partial charge is 0.492 e. The van der Waals surface area contributed by atoms with E-state index in [9.17, 15) is 4.79 Å². The topological polar surface area (TPSA) is 50.4 Å². The van der Waals surface area contributed by atoms with Gasteiger partial charge in [-0.15, -0.1) is 0 Å². The molecule has 0 bridgehead atoms. The second-order valence-corrected chi connectivity index (χ2v) is 5.77. The Morgan fingerprint density at radius 3 is 2.76 bits per heavy atom. The van der Waals surface area contributed by atoms with Gasteiger partial charge in [-0.2, -0.15) is 0 Å². The van der Waals surface area contributed by atoms with Gasteiger partial charge in [0.1, 0.15) is 5.75 Å². The van der Waals surface area contributed by atoms with Gasteiger partial charge in [-0.25, -0.2) is 4.79 Å². The number of urea groups is 1. The molecule has 1 aliphatic carbocycles. The van der Waals surface area contributed by atoms with E-state index in [-0.39, 0.29) is 6.03 Å². The molecule has 2 amide bonds. The van der Waals surface area contributed by atoms with Crippen LogP contribution in [-0.2, 0) is 6.54 Å². The van der Waals surface area contributed by atoms with E-state index < -0.39 is 0 Å². The van der Waals surface area contributed by atoms with Gasteiger partial charge < -0.3 is 15.4 Å². The quantitative estimate of drug-likeness (QED) is 0.867. The number of hydrogen-bond donors (Lipinski definition) is 2. The maximum absolute atomic E-state index is 11.9. The van der Waals surface area contributed by atoms with Crippen LogP contribution in [0.15, 0.2) is 18.2 Å². The number of amides is 2. The molecule has 0 atom stereocenters. The molecule has 0 aliphatic heterocycles. The van der Waals surface area contributed by atoms with Gasteiger partial charge in [-0.1, -0.05) is 36.9 Å².